The SMILES string of the molecule is COc1cc(C2C#CCNC3=CC(=CCN3)C(c3cccc(O)c3)Cc3c[nH]cc3C3C=CCCC3CCC(OC(C)=O)CC(=O)C2)ccc1O. The second kappa shape index (κ2) is 16.6. The Morgan fingerprint density at radius 3 is 2.69 bits per heavy atom. The van der Waals surface area contributed by atoms with Crippen molar-refractivity contribution in [1.82, 2.24) is 15.6 Å². The Morgan fingerprint density at radius 2 is 1.86 bits per heavy atom. The number of hydrogen-bond donors (Lipinski definition) is 5. The van der Waals surface area contributed by atoms with Crippen LogP contribution < -0.4 is 15.4 Å². The first kappa shape index (κ1) is 35.5. The molecule has 0 spiro atoms. The highest BCUT2D eigenvalue weighted by atomic mass is 16.5. The number of hydrogen-bond acceptors (Lipinski definition) is 8. The van der Waals surface area contributed by atoms with E-state index in [0.717, 1.165) is 48.2 Å². The van der Waals surface area contributed by atoms with E-state index < -0.39 is 18.0 Å². The van der Waals surface area contributed by atoms with E-state index in [1.54, 1.807) is 24.3 Å². The minimum atomic E-state index is -0.540. The van der Waals surface area contributed by atoms with Crippen molar-refractivity contribution in [3.8, 4) is 29.1 Å². The molecular formula is C42H47N3O6. The van der Waals surface area contributed by atoms with Crippen LogP contribution in [0.2, 0.25) is 0 Å². The second-order valence-electron chi connectivity index (χ2n) is 13.6. The number of dihydropyridines is 1. The molecule has 51 heavy (non-hydrogen) atoms. The Bertz CT molecular complexity index is 1880. The highest BCUT2D eigenvalue weighted by Gasteiger charge is 2.30. The number of benzene rings is 2. The topological polar surface area (TPSA) is 133 Å². The van der Waals surface area contributed by atoms with Crippen molar-refractivity contribution in [3.63, 3.8) is 0 Å². The second-order valence-corrected chi connectivity index (χ2v) is 13.6. The van der Waals surface area contributed by atoms with Gasteiger partial charge in [0, 0.05) is 50.5 Å². The molecular weight excluding hydrogens is 642 g/mol. The number of phenols is 2. The first-order valence-electron chi connectivity index (χ1n) is 17.8. The van der Waals surface area contributed by atoms with Gasteiger partial charge in [0.15, 0.2) is 11.5 Å². The number of H-pyrrole nitrogens is 1. The van der Waals surface area contributed by atoms with Crippen molar-refractivity contribution in [3.05, 3.63) is 113 Å². The molecule has 2 bridgehead atoms. The Morgan fingerprint density at radius 1 is 0.980 bits per heavy atom. The van der Waals surface area contributed by atoms with E-state index in [2.05, 4.69) is 70.2 Å². The molecule has 266 valence electrons. The van der Waals surface area contributed by atoms with E-state index in [-0.39, 0.29) is 42.0 Å². The van der Waals surface area contributed by atoms with Crippen LogP contribution in [0.5, 0.6) is 17.2 Å². The number of aromatic hydroxyl groups is 2. The van der Waals surface area contributed by atoms with Crippen LogP contribution in [-0.2, 0) is 20.7 Å². The summed E-state index contributed by atoms with van der Waals surface area (Å²) in [7, 11) is 1.49. The number of esters is 1. The van der Waals surface area contributed by atoms with Gasteiger partial charge in [-0.05, 0) is 96.2 Å². The van der Waals surface area contributed by atoms with Gasteiger partial charge in [0.1, 0.15) is 17.6 Å². The third kappa shape index (κ3) is 9.06. The minimum absolute atomic E-state index is 0.00911. The first-order valence-corrected chi connectivity index (χ1v) is 17.8. The molecule has 5 unspecified atom stereocenters. The standard InChI is InChI=1S/C42H47N3O6/c1-27(46)51-36-14-12-28-7-3-4-11-37(28)39-26-43-25-33(39)21-38(31-8-5-10-34(47)20-31)32-16-18-45-42(23-32)44-17-6-9-29(19-35(48)24-36)30-13-15-40(49)41(22-30)50-2/h4-5,8,10-11,13,15-16,20,22-23,25-26,28-29,36-38,43-45,47,49H,3,7,12,14,17-19,21,24H2,1-2H3. The molecule has 5 atom stereocenters. The maximum atomic E-state index is 13.7. The zero-order valence-electron chi connectivity index (χ0n) is 29.3. The lowest BCUT2D eigenvalue weighted by Gasteiger charge is -2.30. The van der Waals surface area contributed by atoms with Crippen LogP contribution in [0.15, 0.2) is 90.6 Å². The number of nitrogens with one attached hydrogen (secondary N) is 3. The number of phenolic OH excluding ortho intramolecular Hbond substituents is 2. The molecule has 9 heteroatoms. The number of carbonyl (C=O) groups is 2. The molecule has 3 aromatic rings. The molecule has 2 aliphatic heterocycles. The molecule has 1 aliphatic carbocycles. The fraction of sp³-hybridized carbons (Fsp3) is 0.381. The number of ether oxygens (including phenoxy) is 2. The highest BCUT2D eigenvalue weighted by Crippen LogP contribution is 2.41. The molecule has 3 aliphatic rings. The minimum Gasteiger partial charge on any atom is -0.508 e. The van der Waals surface area contributed by atoms with E-state index in [9.17, 15) is 19.8 Å². The van der Waals surface area contributed by atoms with Crippen molar-refractivity contribution in [2.75, 3.05) is 20.2 Å². The molecule has 3 heterocycles. The Labute approximate surface area is 299 Å². The van der Waals surface area contributed by atoms with E-state index in [4.69, 9.17) is 9.47 Å². The van der Waals surface area contributed by atoms with E-state index in [1.807, 2.05) is 12.1 Å². The summed E-state index contributed by atoms with van der Waals surface area (Å²) < 4.78 is 11.1. The molecule has 2 aromatic carbocycles. The third-order valence-electron chi connectivity index (χ3n) is 10.2. The summed E-state index contributed by atoms with van der Waals surface area (Å²) in [6.07, 6.45) is 16.9. The lowest BCUT2D eigenvalue weighted by Crippen LogP contribution is -2.30. The predicted molar refractivity (Wildman–Crippen MR) is 196 cm³/mol. The van der Waals surface area contributed by atoms with E-state index in [1.165, 1.54) is 25.2 Å². The van der Waals surface area contributed by atoms with E-state index in [0.29, 0.717) is 31.2 Å². The Hall–Kier alpha value is -5.36. The molecule has 0 radical (unpaired) electrons. The van der Waals surface area contributed by atoms with Gasteiger partial charge in [-0.15, -0.1) is 0 Å². The van der Waals surface area contributed by atoms with Gasteiger partial charge < -0.3 is 35.3 Å². The zero-order valence-corrected chi connectivity index (χ0v) is 29.3. The van der Waals surface area contributed by atoms with Gasteiger partial charge >= 0.3 is 5.97 Å². The average Bonchev–Trinajstić information content (AvgIpc) is 3.59. The highest BCUT2D eigenvalue weighted by molar-refractivity contribution is 5.81. The number of aromatic amines is 1. The van der Waals surface area contributed by atoms with Gasteiger partial charge in [-0.3, -0.25) is 9.59 Å². The summed E-state index contributed by atoms with van der Waals surface area (Å²) >= 11 is 0. The number of carbonyl (C=O) groups excluding carboxylic acids is 2. The average molecular weight is 690 g/mol. The van der Waals surface area contributed by atoms with Crippen molar-refractivity contribution < 1.29 is 29.3 Å². The molecule has 6 rings (SSSR count). The molecule has 5 N–H and O–H groups in total. The van der Waals surface area contributed by atoms with Crippen LogP contribution in [0, 0.1) is 17.8 Å². The van der Waals surface area contributed by atoms with Gasteiger partial charge in [-0.25, -0.2) is 0 Å². The summed E-state index contributed by atoms with van der Waals surface area (Å²) in [6.45, 7) is 2.36. The van der Waals surface area contributed by atoms with Gasteiger partial charge in [0.25, 0.3) is 0 Å². The summed E-state index contributed by atoms with van der Waals surface area (Å²) in [5.74, 6) is 7.45. The molecule has 9 nitrogen and oxygen atoms in total. The Balaban J connectivity index is 1.37. The maximum Gasteiger partial charge on any atom is 0.302 e. The first-order chi connectivity index (χ1) is 24.8. The number of rotatable bonds is 4. The van der Waals surface area contributed by atoms with Crippen LogP contribution in [0.25, 0.3) is 0 Å². The summed E-state index contributed by atoms with van der Waals surface area (Å²) in [6, 6.07) is 12.5. The summed E-state index contributed by atoms with van der Waals surface area (Å²) in [5.41, 5.74) is 5.39. The fourth-order valence-electron chi connectivity index (χ4n) is 7.65. The molecule has 0 fully saturated rings. The van der Waals surface area contributed by atoms with Crippen molar-refractivity contribution in [2.24, 2.45) is 5.92 Å². The van der Waals surface area contributed by atoms with Gasteiger partial charge in [0.2, 0.25) is 0 Å². The fourth-order valence-corrected chi connectivity index (χ4v) is 7.65. The summed E-state index contributed by atoms with van der Waals surface area (Å²) in [4.78, 5) is 29.3. The van der Waals surface area contributed by atoms with Crippen molar-refractivity contribution in [2.45, 2.75) is 75.7 Å². The summed E-state index contributed by atoms with van der Waals surface area (Å²) in [5, 5.41) is 27.5. The molecule has 0 amide bonds. The molecule has 1 aromatic heterocycles. The molecule has 0 saturated heterocycles. The van der Waals surface area contributed by atoms with Crippen LogP contribution in [0.3, 0.4) is 0 Å². The third-order valence-corrected chi connectivity index (χ3v) is 10.2. The van der Waals surface area contributed by atoms with Crippen LogP contribution in [0.4, 0.5) is 0 Å². The molecule has 0 saturated carbocycles. The van der Waals surface area contributed by atoms with Crippen molar-refractivity contribution >= 4 is 11.8 Å². The Kier molecular flexibility index (Phi) is 11.5. The lowest BCUT2D eigenvalue weighted by atomic mass is 9.75. The normalized spacial score (nSPS) is 24.1. The van der Waals surface area contributed by atoms with Crippen LogP contribution >= 0.6 is 0 Å². The quantitative estimate of drug-likeness (QED) is 0.117. The number of allylic oxidation sites excluding steroid dienone is 4. The van der Waals surface area contributed by atoms with E-state index >= 15 is 0 Å². The number of Topliss-reactive ketones (excluding diaryl/α,β-unsaturated/α-hetero) is 1. The van der Waals surface area contributed by atoms with Gasteiger partial charge in [-0.1, -0.05) is 48.3 Å². The number of aromatic nitrogens is 1. The van der Waals surface area contributed by atoms with Crippen LogP contribution in [0.1, 0.15) is 85.5 Å². The smallest absolute Gasteiger partial charge is 0.302 e. The predicted octanol–water partition coefficient (Wildman–Crippen LogP) is 6.63. The van der Waals surface area contributed by atoms with Gasteiger partial charge in [0.05, 0.1) is 25.4 Å². The maximum absolute atomic E-state index is 13.7. The number of methoxy groups -OCH3 is 1. The zero-order chi connectivity index (χ0) is 35.7. The monoisotopic (exact) mass is 689 g/mol. The number of ketones is 1. The van der Waals surface area contributed by atoms with Crippen LogP contribution in [-0.4, -0.2) is 53.3 Å². The largest absolute Gasteiger partial charge is 0.508 e. The number of fused-ring (bicyclic) bond motifs is 4. The van der Waals surface area contributed by atoms with Crippen molar-refractivity contribution in [1.29, 1.82) is 0 Å². The van der Waals surface area contributed by atoms with Gasteiger partial charge in [-0.2, -0.15) is 0 Å². The lowest BCUT2D eigenvalue weighted by molar-refractivity contribution is -0.148.